The van der Waals surface area contributed by atoms with Gasteiger partial charge in [0, 0.05) is 4.47 Å². The van der Waals surface area contributed by atoms with Crippen LogP contribution in [0.4, 0.5) is 0 Å². The Labute approximate surface area is 81.2 Å². The Hall–Kier alpha value is -0.760. The fourth-order valence-electron chi connectivity index (χ4n) is 0.763. The minimum Gasteiger partial charge on any atom is -0.489 e. The van der Waals surface area contributed by atoms with E-state index in [9.17, 15) is 0 Å². The van der Waals surface area contributed by atoms with Gasteiger partial charge in [0.25, 0.3) is 0 Å². The van der Waals surface area contributed by atoms with Crippen LogP contribution in [-0.4, -0.2) is 6.61 Å². The molecule has 0 aromatic heterocycles. The molecular weight excluding hydrogens is 216 g/mol. The van der Waals surface area contributed by atoms with Crippen LogP contribution in [0.15, 0.2) is 40.9 Å². The topological polar surface area (TPSA) is 9.23 Å². The van der Waals surface area contributed by atoms with Gasteiger partial charge in [-0.2, -0.15) is 0 Å². The highest BCUT2D eigenvalue weighted by atomic mass is 79.9. The van der Waals surface area contributed by atoms with E-state index in [4.69, 9.17) is 4.74 Å². The second-order valence-electron chi connectivity index (χ2n) is 2.70. The van der Waals surface area contributed by atoms with Gasteiger partial charge in [0.1, 0.15) is 12.4 Å². The third kappa shape index (κ3) is 3.09. The fourth-order valence-corrected chi connectivity index (χ4v) is 1.14. The van der Waals surface area contributed by atoms with Crippen LogP contribution in [0.3, 0.4) is 0 Å². The van der Waals surface area contributed by atoms with E-state index in [0.29, 0.717) is 6.61 Å². The maximum Gasteiger partial charge on any atom is 0.120 e. The van der Waals surface area contributed by atoms with Gasteiger partial charge in [0.2, 0.25) is 0 Å². The minimum absolute atomic E-state index is 0.580. The van der Waals surface area contributed by atoms with Gasteiger partial charge >= 0.3 is 0 Å². The summed E-state index contributed by atoms with van der Waals surface area (Å²) in [6.07, 6.45) is 0. The lowest BCUT2D eigenvalue weighted by Gasteiger charge is -2.04. The molecule has 1 rings (SSSR count). The Bertz CT molecular complexity index is 281. The quantitative estimate of drug-likeness (QED) is 0.719. The maximum absolute atomic E-state index is 5.42. The molecule has 0 unspecified atom stereocenters. The Morgan fingerprint density at radius 2 is 2.33 bits per heavy atom. The molecule has 0 spiro atoms. The van der Waals surface area contributed by atoms with Crippen LogP contribution in [0, 0.1) is 0 Å². The zero-order valence-corrected chi connectivity index (χ0v) is 8.60. The lowest BCUT2D eigenvalue weighted by molar-refractivity contribution is 0.352. The molecule has 0 N–H and O–H groups in total. The molecule has 64 valence electrons. The van der Waals surface area contributed by atoms with Crippen LogP contribution < -0.4 is 4.74 Å². The molecule has 0 atom stereocenters. The monoisotopic (exact) mass is 226 g/mol. The molecule has 0 aliphatic rings. The number of hydrogen-bond donors (Lipinski definition) is 0. The average Bonchev–Trinajstić information content (AvgIpc) is 2.01. The number of halogens is 1. The first-order chi connectivity index (χ1) is 5.68. The molecule has 1 aromatic carbocycles. The second kappa shape index (κ2) is 4.31. The first-order valence-electron chi connectivity index (χ1n) is 3.71. The molecule has 0 saturated heterocycles. The van der Waals surface area contributed by atoms with E-state index in [1.165, 1.54) is 0 Å². The van der Waals surface area contributed by atoms with E-state index in [2.05, 4.69) is 22.5 Å². The molecule has 0 bridgehead atoms. The SMILES string of the molecule is C=C(C)COc1cccc(Br)c1. The summed E-state index contributed by atoms with van der Waals surface area (Å²) in [5.41, 5.74) is 1.02. The van der Waals surface area contributed by atoms with Crippen LogP contribution in [0.1, 0.15) is 6.92 Å². The second-order valence-corrected chi connectivity index (χ2v) is 3.62. The number of hydrogen-bond acceptors (Lipinski definition) is 1. The van der Waals surface area contributed by atoms with Crippen molar-refractivity contribution in [2.45, 2.75) is 6.92 Å². The minimum atomic E-state index is 0.580. The van der Waals surface area contributed by atoms with Crippen LogP contribution in [0.5, 0.6) is 5.75 Å². The molecule has 1 aromatic rings. The zero-order valence-electron chi connectivity index (χ0n) is 7.01. The van der Waals surface area contributed by atoms with Gasteiger partial charge in [-0.1, -0.05) is 28.6 Å². The summed E-state index contributed by atoms with van der Waals surface area (Å²) in [5.74, 6) is 0.868. The lowest BCUT2D eigenvalue weighted by Crippen LogP contribution is -1.96. The molecule has 2 heteroatoms. The highest BCUT2D eigenvalue weighted by Gasteiger charge is 1.93. The maximum atomic E-state index is 5.42. The van der Waals surface area contributed by atoms with E-state index < -0.39 is 0 Å². The van der Waals surface area contributed by atoms with Gasteiger partial charge < -0.3 is 4.74 Å². The molecule has 0 saturated carbocycles. The molecule has 0 aliphatic heterocycles. The van der Waals surface area contributed by atoms with Crippen molar-refractivity contribution in [1.82, 2.24) is 0 Å². The van der Waals surface area contributed by atoms with Crippen molar-refractivity contribution in [3.05, 3.63) is 40.9 Å². The van der Waals surface area contributed by atoms with Crippen molar-refractivity contribution in [1.29, 1.82) is 0 Å². The van der Waals surface area contributed by atoms with Crippen molar-refractivity contribution in [3.63, 3.8) is 0 Å². The average molecular weight is 227 g/mol. The Morgan fingerprint density at radius 1 is 1.58 bits per heavy atom. The number of benzene rings is 1. The molecular formula is C10H11BrO. The molecule has 0 aliphatic carbocycles. The zero-order chi connectivity index (χ0) is 8.97. The molecule has 1 nitrogen and oxygen atoms in total. The van der Waals surface area contributed by atoms with Crippen molar-refractivity contribution in [2.75, 3.05) is 6.61 Å². The van der Waals surface area contributed by atoms with Gasteiger partial charge in [0.05, 0.1) is 0 Å². The molecule has 0 radical (unpaired) electrons. The van der Waals surface area contributed by atoms with Crippen molar-refractivity contribution in [2.24, 2.45) is 0 Å². The summed E-state index contributed by atoms with van der Waals surface area (Å²) in [5, 5.41) is 0. The van der Waals surface area contributed by atoms with Gasteiger partial charge in [0.15, 0.2) is 0 Å². The van der Waals surface area contributed by atoms with Gasteiger partial charge in [-0.25, -0.2) is 0 Å². The first kappa shape index (κ1) is 9.33. The van der Waals surface area contributed by atoms with Crippen LogP contribution in [0.25, 0.3) is 0 Å². The highest BCUT2D eigenvalue weighted by Crippen LogP contribution is 2.17. The van der Waals surface area contributed by atoms with Crippen molar-refractivity contribution >= 4 is 15.9 Å². The summed E-state index contributed by atoms with van der Waals surface area (Å²) in [6, 6.07) is 7.77. The van der Waals surface area contributed by atoms with E-state index in [-0.39, 0.29) is 0 Å². The van der Waals surface area contributed by atoms with E-state index in [1.807, 2.05) is 31.2 Å². The molecule has 0 amide bonds. The van der Waals surface area contributed by atoms with Crippen molar-refractivity contribution < 1.29 is 4.74 Å². The summed E-state index contributed by atoms with van der Waals surface area (Å²) in [7, 11) is 0. The molecule has 12 heavy (non-hydrogen) atoms. The number of rotatable bonds is 3. The lowest BCUT2D eigenvalue weighted by atomic mass is 10.3. The van der Waals surface area contributed by atoms with Gasteiger partial charge in [-0.05, 0) is 30.7 Å². The summed E-state index contributed by atoms with van der Waals surface area (Å²) >= 11 is 3.37. The first-order valence-corrected chi connectivity index (χ1v) is 4.50. The molecule has 0 fully saturated rings. The van der Waals surface area contributed by atoms with Crippen molar-refractivity contribution in [3.8, 4) is 5.75 Å². The largest absolute Gasteiger partial charge is 0.489 e. The normalized spacial score (nSPS) is 9.50. The standard InChI is InChI=1S/C10H11BrO/c1-8(2)7-12-10-5-3-4-9(11)6-10/h3-6H,1,7H2,2H3. The van der Waals surface area contributed by atoms with E-state index in [1.54, 1.807) is 0 Å². The third-order valence-electron chi connectivity index (χ3n) is 1.28. The Morgan fingerprint density at radius 3 is 2.92 bits per heavy atom. The third-order valence-corrected chi connectivity index (χ3v) is 1.77. The predicted octanol–water partition coefficient (Wildman–Crippen LogP) is 3.40. The summed E-state index contributed by atoms with van der Waals surface area (Å²) in [4.78, 5) is 0. The predicted molar refractivity (Wildman–Crippen MR) is 54.5 cm³/mol. The van der Waals surface area contributed by atoms with Gasteiger partial charge in [-0.3, -0.25) is 0 Å². The van der Waals surface area contributed by atoms with E-state index in [0.717, 1.165) is 15.8 Å². The van der Waals surface area contributed by atoms with E-state index >= 15 is 0 Å². The Kier molecular flexibility index (Phi) is 3.35. The summed E-state index contributed by atoms with van der Waals surface area (Å²) in [6.45, 7) is 6.28. The summed E-state index contributed by atoms with van der Waals surface area (Å²) < 4.78 is 6.45. The highest BCUT2D eigenvalue weighted by molar-refractivity contribution is 9.10. The number of ether oxygens (including phenoxy) is 1. The van der Waals surface area contributed by atoms with Gasteiger partial charge in [-0.15, -0.1) is 0 Å². The Balaban J connectivity index is 2.57. The van der Waals surface area contributed by atoms with Crippen LogP contribution in [-0.2, 0) is 0 Å². The smallest absolute Gasteiger partial charge is 0.120 e. The fraction of sp³-hybridized carbons (Fsp3) is 0.200. The van der Waals surface area contributed by atoms with Crippen LogP contribution >= 0.6 is 15.9 Å². The van der Waals surface area contributed by atoms with Crippen LogP contribution in [0.2, 0.25) is 0 Å². The molecule has 0 heterocycles.